The zero-order chi connectivity index (χ0) is 15.7. The lowest BCUT2D eigenvalue weighted by Crippen LogP contribution is -2.27. The normalized spacial score (nSPS) is 18.5. The second kappa shape index (κ2) is 6.08. The number of hydrogen-bond donors (Lipinski definition) is 0. The Morgan fingerprint density at radius 2 is 2.18 bits per heavy atom. The lowest BCUT2D eigenvalue weighted by Gasteiger charge is -2.22. The lowest BCUT2D eigenvalue weighted by atomic mass is 10.1. The summed E-state index contributed by atoms with van der Waals surface area (Å²) >= 11 is 6.20. The second-order valence-corrected chi connectivity index (χ2v) is 6.22. The molecule has 1 aromatic carbocycles. The number of halogens is 1. The van der Waals surface area contributed by atoms with Crippen molar-refractivity contribution in [3.63, 3.8) is 0 Å². The topological polar surface area (TPSA) is 59.2 Å². The maximum Gasteiger partial charge on any atom is 0.249 e. The predicted molar refractivity (Wildman–Crippen MR) is 82.4 cm³/mol. The van der Waals surface area contributed by atoms with Gasteiger partial charge in [-0.3, -0.25) is 4.79 Å². The highest BCUT2D eigenvalue weighted by Gasteiger charge is 2.36. The Balaban J connectivity index is 1.84. The highest BCUT2D eigenvalue weighted by atomic mass is 35.5. The SMILES string of the molecule is CC(C)c1noc(C2CCC(=O)N2Cc2ccccc2Cl)n1. The van der Waals surface area contributed by atoms with Gasteiger partial charge < -0.3 is 9.42 Å². The summed E-state index contributed by atoms with van der Waals surface area (Å²) in [4.78, 5) is 18.4. The van der Waals surface area contributed by atoms with Crippen LogP contribution in [-0.2, 0) is 11.3 Å². The predicted octanol–water partition coefficient (Wildman–Crippen LogP) is 3.71. The van der Waals surface area contributed by atoms with Crippen LogP contribution in [0.5, 0.6) is 0 Å². The highest BCUT2D eigenvalue weighted by Crippen LogP contribution is 2.34. The highest BCUT2D eigenvalue weighted by molar-refractivity contribution is 6.31. The van der Waals surface area contributed by atoms with Crippen LogP contribution in [0.25, 0.3) is 0 Å². The zero-order valence-electron chi connectivity index (χ0n) is 12.6. The molecule has 2 heterocycles. The molecule has 1 aliphatic rings. The van der Waals surface area contributed by atoms with E-state index in [9.17, 15) is 4.79 Å². The van der Waals surface area contributed by atoms with Gasteiger partial charge in [-0.1, -0.05) is 48.8 Å². The van der Waals surface area contributed by atoms with E-state index < -0.39 is 0 Å². The smallest absolute Gasteiger partial charge is 0.249 e. The Morgan fingerprint density at radius 3 is 2.86 bits per heavy atom. The van der Waals surface area contributed by atoms with Gasteiger partial charge in [-0.15, -0.1) is 0 Å². The first-order valence-electron chi connectivity index (χ1n) is 7.42. The number of aromatic nitrogens is 2. The molecule has 5 nitrogen and oxygen atoms in total. The fraction of sp³-hybridized carbons (Fsp3) is 0.438. The molecule has 1 amide bonds. The van der Waals surface area contributed by atoms with Gasteiger partial charge in [0.1, 0.15) is 6.04 Å². The lowest BCUT2D eigenvalue weighted by molar-refractivity contribution is -0.129. The summed E-state index contributed by atoms with van der Waals surface area (Å²) < 4.78 is 5.37. The number of carbonyl (C=O) groups excluding carboxylic acids is 1. The van der Waals surface area contributed by atoms with Gasteiger partial charge in [0.2, 0.25) is 11.8 Å². The fourth-order valence-corrected chi connectivity index (χ4v) is 2.81. The minimum Gasteiger partial charge on any atom is -0.337 e. The van der Waals surface area contributed by atoms with Gasteiger partial charge in [-0.05, 0) is 18.1 Å². The van der Waals surface area contributed by atoms with E-state index in [1.807, 2.05) is 38.1 Å². The van der Waals surface area contributed by atoms with E-state index in [1.54, 1.807) is 4.90 Å². The summed E-state index contributed by atoms with van der Waals surface area (Å²) in [5, 5.41) is 4.66. The molecule has 1 atom stereocenters. The molecule has 6 heteroatoms. The Labute approximate surface area is 134 Å². The van der Waals surface area contributed by atoms with Crippen molar-refractivity contribution in [3.8, 4) is 0 Å². The molecular formula is C16H18ClN3O2. The standard InChI is InChI=1S/C16H18ClN3O2/c1-10(2)15-18-16(22-19-15)13-7-8-14(21)20(13)9-11-5-3-4-6-12(11)17/h3-6,10,13H,7-9H2,1-2H3. The minimum atomic E-state index is -0.163. The van der Waals surface area contributed by atoms with E-state index in [2.05, 4.69) is 10.1 Å². The summed E-state index contributed by atoms with van der Waals surface area (Å²) in [5.41, 5.74) is 0.924. The third-order valence-corrected chi connectivity index (χ3v) is 4.25. The van der Waals surface area contributed by atoms with Gasteiger partial charge in [0.15, 0.2) is 5.82 Å². The quantitative estimate of drug-likeness (QED) is 0.862. The molecule has 0 bridgehead atoms. The molecule has 1 unspecified atom stereocenters. The Morgan fingerprint density at radius 1 is 1.41 bits per heavy atom. The Kier molecular flexibility index (Phi) is 4.16. The molecule has 116 valence electrons. The van der Waals surface area contributed by atoms with Crippen molar-refractivity contribution in [2.45, 2.75) is 45.2 Å². The zero-order valence-corrected chi connectivity index (χ0v) is 13.4. The van der Waals surface area contributed by atoms with Gasteiger partial charge in [-0.25, -0.2) is 0 Å². The van der Waals surface area contributed by atoms with Crippen molar-refractivity contribution in [3.05, 3.63) is 46.6 Å². The van der Waals surface area contributed by atoms with Crippen molar-refractivity contribution in [2.75, 3.05) is 0 Å². The monoisotopic (exact) mass is 319 g/mol. The maximum absolute atomic E-state index is 12.2. The van der Waals surface area contributed by atoms with E-state index in [0.717, 1.165) is 5.56 Å². The third kappa shape index (κ3) is 2.86. The largest absolute Gasteiger partial charge is 0.337 e. The number of hydrogen-bond acceptors (Lipinski definition) is 4. The summed E-state index contributed by atoms with van der Waals surface area (Å²) in [7, 11) is 0. The molecule has 1 saturated heterocycles. The van der Waals surface area contributed by atoms with Gasteiger partial charge in [0.05, 0.1) is 0 Å². The maximum atomic E-state index is 12.2. The molecule has 0 saturated carbocycles. The van der Waals surface area contributed by atoms with Crippen molar-refractivity contribution < 1.29 is 9.32 Å². The first-order valence-corrected chi connectivity index (χ1v) is 7.80. The van der Waals surface area contributed by atoms with Crippen LogP contribution in [0.2, 0.25) is 5.02 Å². The summed E-state index contributed by atoms with van der Waals surface area (Å²) in [6.07, 6.45) is 1.19. The number of nitrogens with zero attached hydrogens (tertiary/aromatic N) is 3. The van der Waals surface area contributed by atoms with Crippen LogP contribution in [0, 0.1) is 0 Å². The van der Waals surface area contributed by atoms with Crippen LogP contribution in [0.15, 0.2) is 28.8 Å². The Hall–Kier alpha value is -1.88. The molecule has 0 aliphatic carbocycles. The Bertz CT molecular complexity index is 684. The average molecular weight is 320 g/mol. The molecule has 1 fully saturated rings. The second-order valence-electron chi connectivity index (χ2n) is 5.81. The van der Waals surface area contributed by atoms with Crippen LogP contribution < -0.4 is 0 Å². The van der Waals surface area contributed by atoms with Crippen LogP contribution in [0.4, 0.5) is 0 Å². The fourth-order valence-electron chi connectivity index (χ4n) is 2.62. The molecule has 1 aliphatic heterocycles. The van der Waals surface area contributed by atoms with E-state index in [1.165, 1.54) is 0 Å². The van der Waals surface area contributed by atoms with Gasteiger partial charge in [-0.2, -0.15) is 4.98 Å². The summed E-state index contributed by atoms with van der Waals surface area (Å²) in [6, 6.07) is 7.39. The number of likely N-dealkylation sites (tertiary alicyclic amines) is 1. The first kappa shape index (κ1) is 15.0. The van der Waals surface area contributed by atoms with Gasteiger partial charge >= 0.3 is 0 Å². The molecule has 3 rings (SSSR count). The van der Waals surface area contributed by atoms with E-state index >= 15 is 0 Å². The van der Waals surface area contributed by atoms with Crippen LogP contribution in [0.1, 0.15) is 55.9 Å². The minimum absolute atomic E-state index is 0.0919. The number of benzene rings is 1. The summed E-state index contributed by atoms with van der Waals surface area (Å²) in [5.74, 6) is 1.48. The average Bonchev–Trinajstić information content (AvgIpc) is 3.09. The van der Waals surface area contributed by atoms with E-state index in [4.69, 9.17) is 16.1 Å². The first-order chi connectivity index (χ1) is 10.6. The molecule has 1 aromatic heterocycles. The van der Waals surface area contributed by atoms with Crippen molar-refractivity contribution >= 4 is 17.5 Å². The van der Waals surface area contributed by atoms with Crippen molar-refractivity contribution in [1.29, 1.82) is 0 Å². The van der Waals surface area contributed by atoms with Crippen molar-refractivity contribution in [1.82, 2.24) is 15.0 Å². The summed E-state index contributed by atoms with van der Waals surface area (Å²) in [6.45, 7) is 4.48. The number of rotatable bonds is 4. The molecule has 2 aromatic rings. The van der Waals surface area contributed by atoms with Crippen molar-refractivity contribution in [2.24, 2.45) is 0 Å². The van der Waals surface area contributed by atoms with Gasteiger partial charge in [0, 0.05) is 23.9 Å². The molecule has 22 heavy (non-hydrogen) atoms. The molecule has 0 N–H and O–H groups in total. The van der Waals surface area contributed by atoms with E-state index in [0.29, 0.717) is 36.1 Å². The molecule has 0 spiro atoms. The molecular weight excluding hydrogens is 302 g/mol. The van der Waals surface area contributed by atoms with Gasteiger partial charge in [0.25, 0.3) is 0 Å². The van der Waals surface area contributed by atoms with Crippen LogP contribution in [-0.4, -0.2) is 20.9 Å². The molecule has 0 radical (unpaired) electrons. The van der Waals surface area contributed by atoms with Crippen LogP contribution in [0.3, 0.4) is 0 Å². The third-order valence-electron chi connectivity index (χ3n) is 3.89. The number of carbonyl (C=O) groups is 1. The van der Waals surface area contributed by atoms with Crippen LogP contribution >= 0.6 is 11.6 Å². The van der Waals surface area contributed by atoms with E-state index in [-0.39, 0.29) is 17.9 Å². The number of amides is 1.